The van der Waals surface area contributed by atoms with Gasteiger partial charge in [-0.05, 0) is 12.0 Å². The first-order chi connectivity index (χ1) is 10.9. The lowest BCUT2D eigenvalue weighted by molar-refractivity contribution is 0.274. The summed E-state index contributed by atoms with van der Waals surface area (Å²) in [5.74, 6) is -0.315. The highest BCUT2D eigenvalue weighted by Gasteiger charge is 2.28. The van der Waals surface area contributed by atoms with Crippen molar-refractivity contribution >= 4 is 30.1 Å². The molecule has 0 amide bonds. The summed E-state index contributed by atoms with van der Waals surface area (Å²) < 4.78 is 78.3. The van der Waals surface area contributed by atoms with Gasteiger partial charge in [0.15, 0.2) is 9.84 Å². The molecule has 0 N–H and O–H groups in total. The minimum absolute atomic E-state index is 0.211. The first-order valence-corrected chi connectivity index (χ1v) is 12.2. The Kier molecular flexibility index (Phi) is 7.35. The average molecular weight is 400 g/mol. The molecule has 0 saturated carbocycles. The number of hydrogen-bond acceptors (Lipinski definition) is 8. The van der Waals surface area contributed by atoms with E-state index in [1.54, 1.807) is 30.3 Å². The molecule has 1 aromatic carbocycles. The van der Waals surface area contributed by atoms with Gasteiger partial charge in [0.1, 0.15) is 0 Å². The van der Waals surface area contributed by atoms with Crippen LogP contribution < -0.4 is 0 Å². The highest BCUT2D eigenvalue weighted by atomic mass is 32.2. The summed E-state index contributed by atoms with van der Waals surface area (Å²) in [4.78, 5) is 0. The molecule has 1 rings (SSSR count). The van der Waals surface area contributed by atoms with Crippen molar-refractivity contribution in [1.29, 1.82) is 0 Å². The van der Waals surface area contributed by atoms with E-state index in [2.05, 4.69) is 8.37 Å². The molecule has 0 aromatic heterocycles. The molecule has 11 heteroatoms. The fourth-order valence-electron chi connectivity index (χ4n) is 1.82. The van der Waals surface area contributed by atoms with Crippen LogP contribution in [-0.4, -0.2) is 56.2 Å². The Morgan fingerprint density at radius 2 is 1.42 bits per heavy atom. The van der Waals surface area contributed by atoms with Crippen LogP contribution in [-0.2, 0) is 44.2 Å². The topological polar surface area (TPSA) is 121 Å². The van der Waals surface area contributed by atoms with Crippen molar-refractivity contribution in [2.45, 2.75) is 17.4 Å². The van der Waals surface area contributed by atoms with Gasteiger partial charge < -0.3 is 0 Å². The molecular formula is C13H20O8S3. The fourth-order valence-corrected chi connectivity index (χ4v) is 4.34. The molecule has 0 aliphatic carbocycles. The van der Waals surface area contributed by atoms with E-state index in [0.717, 1.165) is 12.5 Å². The second kappa shape index (κ2) is 8.39. The molecule has 0 saturated heterocycles. The van der Waals surface area contributed by atoms with Crippen LogP contribution >= 0.6 is 0 Å². The molecular weight excluding hydrogens is 380 g/mol. The lowest BCUT2D eigenvalue weighted by atomic mass is 10.2. The summed E-state index contributed by atoms with van der Waals surface area (Å²) in [6.07, 6.45) is 1.44. The molecule has 0 bridgehead atoms. The Balaban J connectivity index is 2.88. The van der Waals surface area contributed by atoms with Crippen molar-refractivity contribution in [1.82, 2.24) is 0 Å². The average Bonchev–Trinajstić information content (AvgIpc) is 2.40. The van der Waals surface area contributed by atoms with Crippen molar-refractivity contribution in [2.75, 3.05) is 25.7 Å². The maximum atomic E-state index is 12.5. The third-order valence-corrected chi connectivity index (χ3v) is 6.21. The number of benzene rings is 1. The third kappa shape index (κ3) is 8.73. The predicted molar refractivity (Wildman–Crippen MR) is 89.1 cm³/mol. The van der Waals surface area contributed by atoms with Crippen LogP contribution in [0.5, 0.6) is 0 Å². The third-order valence-electron chi connectivity index (χ3n) is 2.92. The molecule has 0 radical (unpaired) electrons. The Bertz CT molecular complexity index is 826. The fraction of sp³-hybridized carbons (Fsp3) is 0.538. The standard InChI is InChI=1S/C13H20O8S3/c1-22(14,15)20-9-8-13(10-21-23(2,16)17)24(18,19)11-12-6-4-3-5-7-12/h3-7,13H,8-11H2,1-2H3/t13-/m1/s1. The Labute approximate surface area is 143 Å². The van der Waals surface area contributed by atoms with Crippen molar-refractivity contribution in [3.8, 4) is 0 Å². The zero-order valence-electron chi connectivity index (χ0n) is 13.3. The minimum Gasteiger partial charge on any atom is -0.270 e. The summed E-state index contributed by atoms with van der Waals surface area (Å²) in [5.41, 5.74) is 0.533. The summed E-state index contributed by atoms with van der Waals surface area (Å²) in [6.45, 7) is -0.980. The zero-order valence-corrected chi connectivity index (χ0v) is 15.7. The first-order valence-electron chi connectivity index (χ1n) is 6.83. The molecule has 1 aromatic rings. The summed E-state index contributed by atoms with van der Waals surface area (Å²) in [6, 6.07) is 8.34. The first kappa shape index (κ1) is 21.0. The van der Waals surface area contributed by atoms with Gasteiger partial charge >= 0.3 is 0 Å². The van der Waals surface area contributed by atoms with E-state index in [9.17, 15) is 25.3 Å². The van der Waals surface area contributed by atoms with E-state index in [0.29, 0.717) is 5.56 Å². The molecule has 0 aliphatic heterocycles. The smallest absolute Gasteiger partial charge is 0.264 e. The quantitative estimate of drug-likeness (QED) is 0.515. The van der Waals surface area contributed by atoms with Crippen molar-refractivity contribution < 1.29 is 33.6 Å². The SMILES string of the molecule is CS(=O)(=O)OCC[C@H](COS(C)(=O)=O)S(=O)(=O)Cc1ccccc1. The Hall–Kier alpha value is -1.01. The van der Waals surface area contributed by atoms with E-state index in [1.807, 2.05) is 0 Å². The molecule has 0 aliphatic rings. The lowest BCUT2D eigenvalue weighted by Crippen LogP contribution is -2.30. The van der Waals surface area contributed by atoms with Gasteiger partial charge in [0.2, 0.25) is 0 Å². The zero-order chi connectivity index (χ0) is 18.4. The van der Waals surface area contributed by atoms with Gasteiger partial charge in [0, 0.05) is 0 Å². The predicted octanol–water partition coefficient (Wildman–Crippen LogP) is 0.313. The number of hydrogen-bond donors (Lipinski definition) is 0. The van der Waals surface area contributed by atoms with Gasteiger partial charge in [-0.1, -0.05) is 30.3 Å². The van der Waals surface area contributed by atoms with E-state index in [-0.39, 0.29) is 18.8 Å². The largest absolute Gasteiger partial charge is 0.270 e. The molecule has 8 nitrogen and oxygen atoms in total. The highest BCUT2D eigenvalue weighted by Crippen LogP contribution is 2.16. The van der Waals surface area contributed by atoms with Crippen molar-refractivity contribution in [3.05, 3.63) is 35.9 Å². The van der Waals surface area contributed by atoms with Crippen LogP contribution in [0.25, 0.3) is 0 Å². The second-order valence-corrected chi connectivity index (χ2v) is 10.8. The van der Waals surface area contributed by atoms with E-state index < -0.39 is 41.9 Å². The second-order valence-electron chi connectivity index (χ2n) is 5.22. The summed E-state index contributed by atoms with van der Waals surface area (Å²) in [7, 11) is -11.3. The van der Waals surface area contributed by atoms with Gasteiger partial charge in [0.05, 0.1) is 36.7 Å². The Morgan fingerprint density at radius 3 is 1.92 bits per heavy atom. The van der Waals surface area contributed by atoms with Gasteiger partial charge in [0.25, 0.3) is 20.2 Å². The molecule has 0 unspecified atom stereocenters. The number of rotatable bonds is 10. The number of sulfone groups is 1. The van der Waals surface area contributed by atoms with E-state index >= 15 is 0 Å². The van der Waals surface area contributed by atoms with E-state index in [1.165, 1.54) is 0 Å². The molecule has 0 heterocycles. The van der Waals surface area contributed by atoms with Crippen molar-refractivity contribution in [2.24, 2.45) is 0 Å². The lowest BCUT2D eigenvalue weighted by Gasteiger charge is -2.17. The minimum atomic E-state index is -3.83. The van der Waals surface area contributed by atoms with Crippen LogP contribution in [0, 0.1) is 0 Å². The summed E-state index contributed by atoms with van der Waals surface area (Å²) >= 11 is 0. The molecule has 1 atom stereocenters. The van der Waals surface area contributed by atoms with Crippen LogP contribution in [0.4, 0.5) is 0 Å². The maximum Gasteiger partial charge on any atom is 0.264 e. The summed E-state index contributed by atoms with van der Waals surface area (Å²) in [5, 5.41) is -1.21. The van der Waals surface area contributed by atoms with Crippen LogP contribution in [0.1, 0.15) is 12.0 Å². The molecule has 0 spiro atoms. The van der Waals surface area contributed by atoms with Gasteiger partial charge in [-0.3, -0.25) is 8.37 Å². The van der Waals surface area contributed by atoms with Crippen LogP contribution in [0.3, 0.4) is 0 Å². The highest BCUT2D eigenvalue weighted by molar-refractivity contribution is 7.91. The molecule has 0 fully saturated rings. The van der Waals surface area contributed by atoms with Gasteiger partial charge in [-0.15, -0.1) is 0 Å². The maximum absolute atomic E-state index is 12.5. The van der Waals surface area contributed by atoms with Gasteiger partial charge in [-0.2, -0.15) is 16.8 Å². The van der Waals surface area contributed by atoms with Crippen LogP contribution in [0.15, 0.2) is 30.3 Å². The monoisotopic (exact) mass is 400 g/mol. The van der Waals surface area contributed by atoms with Gasteiger partial charge in [-0.25, -0.2) is 8.42 Å². The van der Waals surface area contributed by atoms with E-state index in [4.69, 9.17) is 0 Å². The molecule has 24 heavy (non-hydrogen) atoms. The normalized spacial score (nSPS) is 14.4. The van der Waals surface area contributed by atoms with Crippen LogP contribution in [0.2, 0.25) is 0 Å². The van der Waals surface area contributed by atoms with Crippen molar-refractivity contribution in [3.63, 3.8) is 0 Å². The Morgan fingerprint density at radius 1 is 0.875 bits per heavy atom. The molecule has 138 valence electrons.